The number of ether oxygens (including phenoxy) is 1. The molecular formula is C14H15BrN2O2. The molecule has 1 aromatic carbocycles. The summed E-state index contributed by atoms with van der Waals surface area (Å²) < 4.78 is 12.0. The molecule has 2 heterocycles. The minimum atomic E-state index is 0.192. The van der Waals surface area contributed by atoms with Gasteiger partial charge in [0.25, 0.3) is 0 Å². The van der Waals surface area contributed by atoms with E-state index < -0.39 is 0 Å². The molecule has 0 amide bonds. The normalized spacial score (nSPS) is 17.3. The van der Waals surface area contributed by atoms with Crippen LogP contribution < -0.4 is 10.1 Å². The summed E-state index contributed by atoms with van der Waals surface area (Å²) in [6, 6.07) is 8.08. The molecule has 0 spiro atoms. The fourth-order valence-electron chi connectivity index (χ4n) is 2.27. The molecule has 100 valence electrons. The van der Waals surface area contributed by atoms with E-state index in [2.05, 4.69) is 32.5 Å². The molecule has 1 N–H and O–H groups in total. The number of rotatable bonds is 4. The second-order valence-electron chi connectivity index (χ2n) is 4.76. The number of nitrogens with one attached hydrogen (secondary N) is 1. The van der Waals surface area contributed by atoms with Crippen LogP contribution in [0.1, 0.15) is 17.0 Å². The minimum Gasteiger partial charge on any atom is -0.488 e. The molecule has 1 aromatic heterocycles. The van der Waals surface area contributed by atoms with E-state index in [0.717, 1.165) is 34.6 Å². The van der Waals surface area contributed by atoms with Crippen molar-refractivity contribution in [3.63, 3.8) is 0 Å². The van der Waals surface area contributed by atoms with Crippen molar-refractivity contribution < 1.29 is 9.26 Å². The summed E-state index contributed by atoms with van der Waals surface area (Å²) in [7, 11) is 0. The summed E-state index contributed by atoms with van der Waals surface area (Å²) in [6.07, 6.45) is 1.14. The molecule has 1 aliphatic heterocycles. The number of fused-ring (bicyclic) bond motifs is 1. The monoisotopic (exact) mass is 322 g/mol. The minimum absolute atomic E-state index is 0.192. The van der Waals surface area contributed by atoms with Crippen LogP contribution in [0.4, 0.5) is 0 Å². The van der Waals surface area contributed by atoms with Gasteiger partial charge >= 0.3 is 0 Å². The summed E-state index contributed by atoms with van der Waals surface area (Å²) in [4.78, 5) is 0. The Bertz CT molecular complexity index is 583. The van der Waals surface area contributed by atoms with Gasteiger partial charge in [-0.15, -0.1) is 0 Å². The first-order valence-electron chi connectivity index (χ1n) is 6.29. The molecule has 4 nitrogen and oxygen atoms in total. The Kier molecular flexibility index (Phi) is 3.57. The van der Waals surface area contributed by atoms with Crippen LogP contribution in [0.15, 0.2) is 33.3 Å². The van der Waals surface area contributed by atoms with Crippen molar-refractivity contribution in [1.82, 2.24) is 10.5 Å². The Morgan fingerprint density at radius 3 is 3.11 bits per heavy atom. The van der Waals surface area contributed by atoms with Crippen LogP contribution in [0.2, 0.25) is 0 Å². The Morgan fingerprint density at radius 2 is 2.32 bits per heavy atom. The molecule has 5 heteroatoms. The predicted molar refractivity (Wildman–Crippen MR) is 75.2 cm³/mol. The van der Waals surface area contributed by atoms with Crippen LogP contribution >= 0.6 is 15.9 Å². The molecule has 0 aliphatic carbocycles. The molecule has 1 atom stereocenters. The van der Waals surface area contributed by atoms with Gasteiger partial charge in [0.1, 0.15) is 17.6 Å². The van der Waals surface area contributed by atoms with Crippen LogP contribution in [-0.2, 0) is 13.0 Å². The second kappa shape index (κ2) is 5.35. The lowest BCUT2D eigenvalue weighted by atomic mass is 10.1. The van der Waals surface area contributed by atoms with Gasteiger partial charge in [0, 0.05) is 30.0 Å². The number of hydrogen-bond acceptors (Lipinski definition) is 4. The van der Waals surface area contributed by atoms with E-state index in [1.54, 1.807) is 0 Å². The highest BCUT2D eigenvalue weighted by Crippen LogP contribution is 2.30. The van der Waals surface area contributed by atoms with Crippen molar-refractivity contribution >= 4 is 15.9 Å². The second-order valence-corrected chi connectivity index (χ2v) is 5.67. The zero-order valence-corrected chi connectivity index (χ0v) is 12.2. The average molecular weight is 323 g/mol. The van der Waals surface area contributed by atoms with Crippen molar-refractivity contribution in [2.75, 3.05) is 6.54 Å². The summed E-state index contributed by atoms with van der Waals surface area (Å²) >= 11 is 3.48. The third-order valence-corrected chi connectivity index (χ3v) is 3.61. The number of aromatic nitrogens is 1. The summed E-state index contributed by atoms with van der Waals surface area (Å²) in [6.45, 7) is 3.40. The number of hydrogen-bond donors (Lipinski definition) is 1. The number of benzene rings is 1. The predicted octanol–water partition coefficient (Wildman–Crippen LogP) is 2.84. The van der Waals surface area contributed by atoms with Crippen molar-refractivity contribution in [1.29, 1.82) is 0 Å². The van der Waals surface area contributed by atoms with Crippen LogP contribution in [0.3, 0.4) is 0 Å². The molecule has 0 bridgehead atoms. The SMILES string of the molecule is Cc1cc(CNCC2Cc3cc(Br)ccc3O2)no1. The molecule has 2 aromatic rings. The van der Waals surface area contributed by atoms with E-state index in [4.69, 9.17) is 9.26 Å². The molecule has 0 fully saturated rings. The first-order valence-corrected chi connectivity index (χ1v) is 7.08. The van der Waals surface area contributed by atoms with Gasteiger partial charge in [0.05, 0.1) is 5.69 Å². The van der Waals surface area contributed by atoms with Gasteiger partial charge in [-0.3, -0.25) is 0 Å². The highest BCUT2D eigenvalue weighted by Gasteiger charge is 2.22. The van der Waals surface area contributed by atoms with Gasteiger partial charge in [0.15, 0.2) is 0 Å². The third kappa shape index (κ3) is 2.98. The zero-order chi connectivity index (χ0) is 13.2. The summed E-state index contributed by atoms with van der Waals surface area (Å²) in [5.41, 5.74) is 2.19. The van der Waals surface area contributed by atoms with Crippen molar-refractivity contribution in [3.8, 4) is 5.75 Å². The molecule has 0 saturated carbocycles. The van der Waals surface area contributed by atoms with E-state index in [-0.39, 0.29) is 6.10 Å². The smallest absolute Gasteiger partial charge is 0.133 e. The summed E-state index contributed by atoms with van der Waals surface area (Å²) in [5.74, 6) is 1.83. The molecule has 3 rings (SSSR count). The maximum Gasteiger partial charge on any atom is 0.133 e. The maximum atomic E-state index is 5.88. The molecule has 1 unspecified atom stereocenters. The number of halogens is 1. The van der Waals surface area contributed by atoms with Crippen molar-refractivity contribution in [2.24, 2.45) is 0 Å². The van der Waals surface area contributed by atoms with Gasteiger partial charge in [-0.2, -0.15) is 0 Å². The lowest BCUT2D eigenvalue weighted by Crippen LogP contribution is -2.29. The zero-order valence-electron chi connectivity index (χ0n) is 10.6. The van der Waals surface area contributed by atoms with E-state index in [0.29, 0.717) is 6.54 Å². The molecule has 1 aliphatic rings. The topological polar surface area (TPSA) is 47.3 Å². The van der Waals surface area contributed by atoms with Crippen molar-refractivity contribution in [2.45, 2.75) is 26.0 Å². The Labute approximate surface area is 120 Å². The number of aryl methyl sites for hydroxylation is 1. The van der Waals surface area contributed by atoms with Crippen molar-refractivity contribution in [3.05, 3.63) is 45.8 Å². The van der Waals surface area contributed by atoms with E-state index >= 15 is 0 Å². The van der Waals surface area contributed by atoms with E-state index in [9.17, 15) is 0 Å². The van der Waals surface area contributed by atoms with Gasteiger partial charge in [0.2, 0.25) is 0 Å². The highest BCUT2D eigenvalue weighted by molar-refractivity contribution is 9.10. The van der Waals surface area contributed by atoms with Crippen LogP contribution in [0.5, 0.6) is 5.75 Å². The lowest BCUT2D eigenvalue weighted by Gasteiger charge is -2.10. The Balaban J connectivity index is 1.51. The van der Waals surface area contributed by atoms with Gasteiger partial charge in [-0.1, -0.05) is 21.1 Å². The Morgan fingerprint density at radius 1 is 1.42 bits per heavy atom. The first kappa shape index (κ1) is 12.7. The fraction of sp³-hybridized carbons (Fsp3) is 0.357. The Hall–Kier alpha value is -1.33. The maximum absolute atomic E-state index is 5.88. The van der Waals surface area contributed by atoms with Crippen LogP contribution in [0.25, 0.3) is 0 Å². The average Bonchev–Trinajstić information content (AvgIpc) is 2.95. The quantitative estimate of drug-likeness (QED) is 0.940. The van der Waals surface area contributed by atoms with Gasteiger partial charge in [-0.25, -0.2) is 0 Å². The fourth-order valence-corrected chi connectivity index (χ4v) is 2.67. The highest BCUT2D eigenvalue weighted by atomic mass is 79.9. The molecule has 0 saturated heterocycles. The first-order chi connectivity index (χ1) is 9.20. The van der Waals surface area contributed by atoms with Crippen LogP contribution in [-0.4, -0.2) is 17.8 Å². The standard InChI is InChI=1S/C14H15BrN2O2/c1-9-4-12(17-19-9)7-16-8-13-6-10-5-11(15)2-3-14(10)18-13/h2-5,13,16H,6-8H2,1H3. The van der Waals surface area contributed by atoms with Crippen LogP contribution in [0, 0.1) is 6.92 Å². The summed E-state index contributed by atoms with van der Waals surface area (Å²) in [5, 5.41) is 7.29. The third-order valence-electron chi connectivity index (χ3n) is 3.12. The van der Waals surface area contributed by atoms with Gasteiger partial charge in [-0.05, 0) is 30.7 Å². The lowest BCUT2D eigenvalue weighted by molar-refractivity contribution is 0.226. The van der Waals surface area contributed by atoms with Gasteiger partial charge < -0.3 is 14.6 Å². The van der Waals surface area contributed by atoms with E-state index in [1.807, 2.05) is 25.1 Å². The molecule has 19 heavy (non-hydrogen) atoms. The van der Waals surface area contributed by atoms with E-state index in [1.165, 1.54) is 5.56 Å². The number of nitrogens with zero attached hydrogens (tertiary/aromatic N) is 1. The molecular weight excluding hydrogens is 308 g/mol. The molecule has 0 radical (unpaired) electrons. The largest absolute Gasteiger partial charge is 0.488 e.